The molecule has 1 atom stereocenters. The minimum absolute atomic E-state index is 0.0216. The number of nitrogens with one attached hydrogen (secondary N) is 2. The van der Waals surface area contributed by atoms with Crippen molar-refractivity contribution in [1.82, 2.24) is 10.6 Å². The molecule has 0 fully saturated rings. The van der Waals surface area contributed by atoms with Crippen LogP contribution in [0.25, 0.3) is 5.57 Å². The van der Waals surface area contributed by atoms with Gasteiger partial charge < -0.3 is 10.6 Å². The third kappa shape index (κ3) is 4.41. The summed E-state index contributed by atoms with van der Waals surface area (Å²) in [5, 5.41) is 5.93. The van der Waals surface area contributed by atoms with Crippen molar-refractivity contribution in [3.63, 3.8) is 0 Å². The van der Waals surface area contributed by atoms with Crippen molar-refractivity contribution < 1.29 is 4.79 Å². The van der Waals surface area contributed by atoms with Crippen molar-refractivity contribution in [3.8, 4) is 0 Å². The minimum Gasteiger partial charge on any atom is -0.355 e. The predicted molar refractivity (Wildman–Crippen MR) is 71.6 cm³/mol. The van der Waals surface area contributed by atoms with Crippen LogP contribution in [0, 0.1) is 0 Å². The first kappa shape index (κ1) is 13.5. The molecule has 17 heavy (non-hydrogen) atoms. The molecule has 0 aromatic heterocycles. The van der Waals surface area contributed by atoms with Gasteiger partial charge in [-0.2, -0.15) is 0 Å². The molecule has 0 bridgehead atoms. The third-order valence-corrected chi connectivity index (χ3v) is 2.55. The molecule has 1 amide bonds. The Morgan fingerprint density at radius 3 is 2.59 bits per heavy atom. The third-order valence-electron chi connectivity index (χ3n) is 2.55. The van der Waals surface area contributed by atoms with Crippen molar-refractivity contribution in [1.29, 1.82) is 0 Å². The summed E-state index contributed by atoms with van der Waals surface area (Å²) in [5.74, 6) is 0.0216. The van der Waals surface area contributed by atoms with Crippen LogP contribution in [-0.4, -0.2) is 25.0 Å². The van der Waals surface area contributed by atoms with E-state index in [1.165, 1.54) is 0 Å². The predicted octanol–water partition coefficient (Wildman–Crippen LogP) is 1.81. The molecule has 0 aliphatic carbocycles. The van der Waals surface area contributed by atoms with Gasteiger partial charge in [-0.3, -0.25) is 4.79 Å². The molecule has 0 aliphatic heterocycles. The van der Waals surface area contributed by atoms with Crippen LogP contribution in [0.1, 0.15) is 19.4 Å². The molecule has 1 unspecified atom stereocenters. The van der Waals surface area contributed by atoms with Crippen LogP contribution < -0.4 is 10.6 Å². The van der Waals surface area contributed by atoms with Gasteiger partial charge in [-0.05, 0) is 25.0 Å². The first-order valence-electron chi connectivity index (χ1n) is 5.89. The van der Waals surface area contributed by atoms with Crippen LogP contribution in [0.5, 0.6) is 0 Å². The topological polar surface area (TPSA) is 41.1 Å². The second-order valence-corrected chi connectivity index (χ2v) is 3.97. The van der Waals surface area contributed by atoms with Gasteiger partial charge in [0.2, 0.25) is 5.91 Å². The SMILES string of the molecule is C=C(CNC(C)C(=O)NCC)c1ccccc1. The fraction of sp³-hybridized carbons (Fsp3) is 0.357. The molecule has 1 aromatic carbocycles. The van der Waals surface area contributed by atoms with E-state index in [9.17, 15) is 4.79 Å². The maximum atomic E-state index is 11.5. The lowest BCUT2D eigenvalue weighted by Gasteiger charge is -2.14. The summed E-state index contributed by atoms with van der Waals surface area (Å²) in [7, 11) is 0. The van der Waals surface area contributed by atoms with E-state index in [4.69, 9.17) is 0 Å². The van der Waals surface area contributed by atoms with Crippen LogP contribution in [-0.2, 0) is 4.79 Å². The highest BCUT2D eigenvalue weighted by molar-refractivity contribution is 5.81. The normalized spacial score (nSPS) is 11.9. The fourth-order valence-electron chi connectivity index (χ4n) is 1.47. The molecule has 1 rings (SSSR count). The van der Waals surface area contributed by atoms with Crippen LogP contribution in [0.15, 0.2) is 36.9 Å². The van der Waals surface area contributed by atoms with E-state index >= 15 is 0 Å². The second kappa shape index (κ2) is 6.86. The largest absolute Gasteiger partial charge is 0.355 e. The number of amides is 1. The van der Waals surface area contributed by atoms with Gasteiger partial charge in [-0.1, -0.05) is 36.9 Å². The molecule has 0 heterocycles. The number of hydrogen-bond acceptors (Lipinski definition) is 2. The number of carbonyl (C=O) groups is 1. The first-order valence-corrected chi connectivity index (χ1v) is 5.89. The van der Waals surface area contributed by atoms with Gasteiger partial charge in [0.15, 0.2) is 0 Å². The number of hydrogen-bond donors (Lipinski definition) is 2. The Hall–Kier alpha value is -1.61. The van der Waals surface area contributed by atoms with Gasteiger partial charge in [0.05, 0.1) is 6.04 Å². The number of likely N-dealkylation sites (N-methyl/N-ethyl adjacent to an activating group) is 1. The van der Waals surface area contributed by atoms with Gasteiger partial charge >= 0.3 is 0 Å². The molecule has 92 valence electrons. The summed E-state index contributed by atoms with van der Waals surface area (Å²) in [6.07, 6.45) is 0. The molecule has 0 spiro atoms. The Bertz CT molecular complexity index is 373. The lowest BCUT2D eigenvalue weighted by molar-refractivity contribution is -0.122. The molecule has 0 saturated carbocycles. The van der Waals surface area contributed by atoms with E-state index in [1.54, 1.807) is 0 Å². The quantitative estimate of drug-likeness (QED) is 0.785. The number of carbonyl (C=O) groups excluding carboxylic acids is 1. The lowest BCUT2D eigenvalue weighted by Crippen LogP contribution is -2.42. The van der Waals surface area contributed by atoms with E-state index < -0.39 is 0 Å². The zero-order valence-corrected chi connectivity index (χ0v) is 10.5. The molecule has 3 nitrogen and oxygen atoms in total. The minimum atomic E-state index is -0.199. The Labute approximate surface area is 103 Å². The molecule has 1 aromatic rings. The summed E-state index contributed by atoms with van der Waals surface area (Å²) in [6, 6.07) is 9.76. The van der Waals surface area contributed by atoms with Gasteiger partial charge in [0.1, 0.15) is 0 Å². The Balaban J connectivity index is 2.41. The molecule has 0 radical (unpaired) electrons. The van der Waals surface area contributed by atoms with Crippen molar-refractivity contribution in [2.45, 2.75) is 19.9 Å². The number of rotatable bonds is 6. The van der Waals surface area contributed by atoms with Crippen LogP contribution >= 0.6 is 0 Å². The summed E-state index contributed by atoms with van der Waals surface area (Å²) in [4.78, 5) is 11.5. The average molecular weight is 232 g/mol. The lowest BCUT2D eigenvalue weighted by atomic mass is 10.1. The van der Waals surface area contributed by atoms with E-state index in [2.05, 4.69) is 17.2 Å². The Morgan fingerprint density at radius 1 is 1.35 bits per heavy atom. The van der Waals surface area contributed by atoms with Crippen LogP contribution in [0.3, 0.4) is 0 Å². The van der Waals surface area contributed by atoms with E-state index in [0.717, 1.165) is 11.1 Å². The molecular formula is C14H20N2O. The van der Waals surface area contributed by atoms with Crippen molar-refractivity contribution in [3.05, 3.63) is 42.5 Å². The van der Waals surface area contributed by atoms with Gasteiger partial charge in [-0.15, -0.1) is 0 Å². The number of benzene rings is 1. The van der Waals surface area contributed by atoms with Crippen molar-refractivity contribution >= 4 is 11.5 Å². The maximum absolute atomic E-state index is 11.5. The summed E-state index contributed by atoms with van der Waals surface area (Å²) >= 11 is 0. The van der Waals surface area contributed by atoms with Crippen LogP contribution in [0.4, 0.5) is 0 Å². The summed E-state index contributed by atoms with van der Waals surface area (Å²) < 4.78 is 0. The summed E-state index contributed by atoms with van der Waals surface area (Å²) in [6.45, 7) is 9.04. The van der Waals surface area contributed by atoms with E-state index in [0.29, 0.717) is 13.1 Å². The maximum Gasteiger partial charge on any atom is 0.236 e. The van der Waals surface area contributed by atoms with Gasteiger partial charge in [0, 0.05) is 13.1 Å². The first-order chi connectivity index (χ1) is 8.15. The molecule has 0 aliphatic rings. The Kier molecular flexibility index (Phi) is 5.43. The molecular weight excluding hydrogens is 212 g/mol. The standard InChI is InChI=1S/C14H20N2O/c1-4-15-14(17)12(3)16-10-11(2)13-8-6-5-7-9-13/h5-9,12,16H,2,4,10H2,1,3H3,(H,15,17). The summed E-state index contributed by atoms with van der Waals surface area (Å²) in [5.41, 5.74) is 2.09. The zero-order valence-electron chi connectivity index (χ0n) is 10.5. The van der Waals surface area contributed by atoms with Crippen LogP contribution in [0.2, 0.25) is 0 Å². The van der Waals surface area contributed by atoms with E-state index in [1.807, 2.05) is 44.2 Å². The Morgan fingerprint density at radius 2 is 2.00 bits per heavy atom. The van der Waals surface area contributed by atoms with Crippen molar-refractivity contribution in [2.75, 3.05) is 13.1 Å². The average Bonchev–Trinajstić information content (AvgIpc) is 2.36. The highest BCUT2D eigenvalue weighted by Crippen LogP contribution is 2.10. The van der Waals surface area contributed by atoms with Crippen molar-refractivity contribution in [2.24, 2.45) is 0 Å². The highest BCUT2D eigenvalue weighted by atomic mass is 16.2. The monoisotopic (exact) mass is 232 g/mol. The molecule has 0 saturated heterocycles. The molecule has 2 N–H and O–H groups in total. The van der Waals surface area contributed by atoms with Gasteiger partial charge in [-0.25, -0.2) is 0 Å². The molecule has 3 heteroatoms. The highest BCUT2D eigenvalue weighted by Gasteiger charge is 2.10. The second-order valence-electron chi connectivity index (χ2n) is 3.97. The zero-order chi connectivity index (χ0) is 12.7. The fourth-order valence-corrected chi connectivity index (χ4v) is 1.47. The smallest absolute Gasteiger partial charge is 0.236 e. The van der Waals surface area contributed by atoms with Gasteiger partial charge in [0.25, 0.3) is 0 Å². The van der Waals surface area contributed by atoms with E-state index in [-0.39, 0.29) is 11.9 Å².